The van der Waals surface area contributed by atoms with Gasteiger partial charge in [0.15, 0.2) is 0 Å². The molecule has 0 amide bonds. The van der Waals surface area contributed by atoms with E-state index in [0.717, 1.165) is 25.7 Å². The van der Waals surface area contributed by atoms with Crippen LogP contribution in [-0.4, -0.2) is 21.0 Å². The van der Waals surface area contributed by atoms with Crippen molar-refractivity contribution in [3.05, 3.63) is 29.6 Å². The molecule has 2 rings (SSSR count). The third kappa shape index (κ3) is 3.37. The molecule has 0 bridgehead atoms. The van der Waals surface area contributed by atoms with Gasteiger partial charge in [-0.05, 0) is 56.0 Å². The predicted molar refractivity (Wildman–Crippen MR) is 76.3 cm³/mol. The summed E-state index contributed by atoms with van der Waals surface area (Å²) >= 11 is 0. The van der Waals surface area contributed by atoms with Gasteiger partial charge in [-0.25, -0.2) is 17.5 Å². The summed E-state index contributed by atoms with van der Waals surface area (Å²) in [6, 6.07) is 3.72. The van der Waals surface area contributed by atoms with Gasteiger partial charge in [0, 0.05) is 6.04 Å². The molecule has 0 aromatic heterocycles. The van der Waals surface area contributed by atoms with Crippen LogP contribution in [-0.2, 0) is 10.0 Å². The van der Waals surface area contributed by atoms with Gasteiger partial charge < -0.3 is 5.73 Å². The Morgan fingerprint density at radius 3 is 2.70 bits per heavy atom. The van der Waals surface area contributed by atoms with Crippen LogP contribution in [0.3, 0.4) is 0 Å². The average molecular weight is 300 g/mol. The molecule has 1 saturated carbocycles. The number of nitrogens with two attached hydrogens (primary N) is 1. The first-order valence-corrected chi connectivity index (χ1v) is 8.41. The van der Waals surface area contributed by atoms with Gasteiger partial charge in [0.2, 0.25) is 10.0 Å². The van der Waals surface area contributed by atoms with Crippen molar-refractivity contribution in [2.24, 2.45) is 11.7 Å². The van der Waals surface area contributed by atoms with E-state index in [0.29, 0.717) is 12.1 Å². The van der Waals surface area contributed by atoms with Crippen molar-refractivity contribution >= 4 is 10.0 Å². The summed E-state index contributed by atoms with van der Waals surface area (Å²) in [4.78, 5) is 0.109. The number of hydrogen-bond donors (Lipinski definition) is 2. The van der Waals surface area contributed by atoms with Gasteiger partial charge in [-0.3, -0.25) is 0 Å². The smallest absolute Gasteiger partial charge is 0.240 e. The van der Waals surface area contributed by atoms with Crippen molar-refractivity contribution in [2.75, 3.05) is 6.54 Å². The molecule has 4 nitrogen and oxygen atoms in total. The van der Waals surface area contributed by atoms with Gasteiger partial charge in [0.1, 0.15) is 5.82 Å². The molecule has 0 heterocycles. The first kappa shape index (κ1) is 15.4. The summed E-state index contributed by atoms with van der Waals surface area (Å²) in [6.07, 6.45) is 3.86. The number of rotatable bonds is 4. The molecule has 0 aliphatic heterocycles. The van der Waals surface area contributed by atoms with Crippen LogP contribution in [0.25, 0.3) is 0 Å². The molecule has 2 unspecified atom stereocenters. The van der Waals surface area contributed by atoms with E-state index in [1.54, 1.807) is 6.92 Å². The van der Waals surface area contributed by atoms with Crippen molar-refractivity contribution in [2.45, 2.75) is 43.5 Å². The lowest BCUT2D eigenvalue weighted by Gasteiger charge is -2.31. The lowest BCUT2D eigenvalue weighted by atomic mass is 9.85. The Kier molecular flexibility index (Phi) is 4.78. The molecule has 3 N–H and O–H groups in total. The van der Waals surface area contributed by atoms with Gasteiger partial charge in [-0.1, -0.05) is 12.8 Å². The number of halogens is 1. The predicted octanol–water partition coefficient (Wildman–Crippen LogP) is 1.93. The van der Waals surface area contributed by atoms with E-state index in [1.165, 1.54) is 18.2 Å². The van der Waals surface area contributed by atoms with Crippen LogP contribution in [0.4, 0.5) is 4.39 Å². The fourth-order valence-corrected chi connectivity index (χ4v) is 4.12. The highest BCUT2D eigenvalue weighted by molar-refractivity contribution is 7.89. The highest BCUT2D eigenvalue weighted by atomic mass is 32.2. The lowest BCUT2D eigenvalue weighted by Crippen LogP contribution is -2.44. The topological polar surface area (TPSA) is 72.2 Å². The Labute approximate surface area is 119 Å². The summed E-state index contributed by atoms with van der Waals surface area (Å²) in [5.41, 5.74) is 6.04. The summed E-state index contributed by atoms with van der Waals surface area (Å²) < 4.78 is 40.7. The van der Waals surface area contributed by atoms with Crippen molar-refractivity contribution in [3.8, 4) is 0 Å². The normalized spacial score (nSPS) is 23.8. The van der Waals surface area contributed by atoms with Gasteiger partial charge >= 0.3 is 0 Å². The minimum absolute atomic E-state index is 0.109. The second-order valence-electron chi connectivity index (χ2n) is 5.42. The summed E-state index contributed by atoms with van der Waals surface area (Å²) in [7, 11) is -3.61. The van der Waals surface area contributed by atoms with Gasteiger partial charge in [0.25, 0.3) is 0 Å². The summed E-state index contributed by atoms with van der Waals surface area (Å²) in [5.74, 6) is -0.221. The molecule has 2 atom stereocenters. The molecule has 1 fully saturated rings. The average Bonchev–Trinajstić information content (AvgIpc) is 2.42. The largest absolute Gasteiger partial charge is 0.330 e. The van der Waals surface area contributed by atoms with E-state index in [2.05, 4.69) is 4.72 Å². The lowest BCUT2D eigenvalue weighted by molar-refractivity contribution is 0.296. The maximum absolute atomic E-state index is 13.2. The number of hydrogen-bond acceptors (Lipinski definition) is 3. The van der Waals surface area contributed by atoms with Crippen LogP contribution in [0.2, 0.25) is 0 Å². The molecule has 1 aromatic rings. The third-order valence-corrected chi connectivity index (χ3v) is 5.45. The van der Waals surface area contributed by atoms with Gasteiger partial charge in [0.05, 0.1) is 4.90 Å². The molecule has 0 radical (unpaired) electrons. The van der Waals surface area contributed by atoms with E-state index in [1.807, 2.05) is 0 Å². The third-order valence-electron chi connectivity index (χ3n) is 3.96. The molecule has 0 saturated heterocycles. The molecule has 1 aromatic carbocycles. The van der Waals surface area contributed by atoms with Crippen LogP contribution >= 0.6 is 0 Å². The fraction of sp³-hybridized carbons (Fsp3) is 0.571. The van der Waals surface area contributed by atoms with E-state index in [4.69, 9.17) is 5.73 Å². The van der Waals surface area contributed by atoms with Crippen LogP contribution < -0.4 is 10.5 Å². The maximum Gasteiger partial charge on any atom is 0.240 e. The molecule has 20 heavy (non-hydrogen) atoms. The fourth-order valence-electron chi connectivity index (χ4n) is 2.70. The second kappa shape index (κ2) is 6.20. The minimum atomic E-state index is -3.61. The first-order chi connectivity index (χ1) is 9.44. The van der Waals surface area contributed by atoms with Crippen LogP contribution in [0.1, 0.15) is 31.2 Å². The monoisotopic (exact) mass is 300 g/mol. The highest BCUT2D eigenvalue weighted by Crippen LogP contribution is 2.25. The van der Waals surface area contributed by atoms with E-state index < -0.39 is 15.8 Å². The van der Waals surface area contributed by atoms with Gasteiger partial charge in [-0.15, -0.1) is 0 Å². The first-order valence-electron chi connectivity index (χ1n) is 6.92. The number of aryl methyl sites for hydroxylation is 1. The van der Waals surface area contributed by atoms with Crippen LogP contribution in [0, 0.1) is 18.7 Å². The zero-order chi connectivity index (χ0) is 14.8. The number of sulfonamides is 1. The summed E-state index contributed by atoms with van der Waals surface area (Å²) in [6.45, 7) is 2.04. The molecule has 6 heteroatoms. The quantitative estimate of drug-likeness (QED) is 0.892. The maximum atomic E-state index is 13.2. The second-order valence-corrected chi connectivity index (χ2v) is 7.13. The SMILES string of the molecule is Cc1cc(S(=O)(=O)NC2CCCCC2CN)ccc1F. The highest BCUT2D eigenvalue weighted by Gasteiger charge is 2.28. The van der Waals surface area contributed by atoms with Crippen LogP contribution in [0.15, 0.2) is 23.1 Å². The number of nitrogens with one attached hydrogen (secondary N) is 1. The number of benzene rings is 1. The van der Waals surface area contributed by atoms with Crippen molar-refractivity contribution < 1.29 is 12.8 Å². The van der Waals surface area contributed by atoms with E-state index in [-0.39, 0.29) is 16.9 Å². The van der Waals surface area contributed by atoms with Crippen molar-refractivity contribution in [3.63, 3.8) is 0 Å². The molecule has 1 aliphatic rings. The van der Waals surface area contributed by atoms with Gasteiger partial charge in [-0.2, -0.15) is 0 Å². The standard InChI is InChI=1S/C14H21FN2O2S/c1-10-8-12(6-7-13(10)15)20(18,19)17-14-5-3-2-4-11(14)9-16/h6-8,11,14,17H,2-5,9,16H2,1H3. The zero-order valence-corrected chi connectivity index (χ0v) is 12.4. The molecular weight excluding hydrogens is 279 g/mol. The van der Waals surface area contributed by atoms with Crippen molar-refractivity contribution in [1.82, 2.24) is 4.72 Å². The Hall–Kier alpha value is -0.980. The van der Waals surface area contributed by atoms with E-state index >= 15 is 0 Å². The molecule has 1 aliphatic carbocycles. The Bertz CT molecular complexity index is 575. The van der Waals surface area contributed by atoms with E-state index in [9.17, 15) is 12.8 Å². The summed E-state index contributed by atoms with van der Waals surface area (Å²) in [5, 5.41) is 0. The molecule has 112 valence electrons. The molecular formula is C14H21FN2O2S. The minimum Gasteiger partial charge on any atom is -0.330 e. The van der Waals surface area contributed by atoms with Crippen LogP contribution in [0.5, 0.6) is 0 Å². The zero-order valence-electron chi connectivity index (χ0n) is 11.6. The molecule has 0 spiro atoms. The Balaban J connectivity index is 2.19. The van der Waals surface area contributed by atoms with Crippen molar-refractivity contribution in [1.29, 1.82) is 0 Å². The Morgan fingerprint density at radius 1 is 1.35 bits per heavy atom. The Morgan fingerprint density at radius 2 is 2.05 bits per heavy atom.